The minimum Gasteiger partial charge on any atom is -0.315 e. The average molecular weight is 125 g/mol. The number of nitrogens with one attached hydrogen (secondary N) is 2. The van der Waals surface area contributed by atoms with E-state index in [0.29, 0.717) is 0 Å². The Bertz CT molecular complexity index is 91.1. The third kappa shape index (κ3) is 0.970. The maximum Gasteiger partial charge on any atom is 0.0227 e. The number of hydrogen-bond donors (Lipinski definition) is 2. The first-order valence-electron chi connectivity index (χ1n) is 3.75. The maximum absolute atomic E-state index is 3.37. The van der Waals surface area contributed by atoms with Crippen LogP contribution in [0.2, 0.25) is 0 Å². The number of rotatable bonds is 0. The summed E-state index contributed by atoms with van der Waals surface area (Å²) in [6.45, 7) is 4.60. The highest BCUT2D eigenvalue weighted by Gasteiger charge is 2.28. The van der Waals surface area contributed by atoms with Crippen molar-refractivity contribution < 1.29 is 0 Å². The lowest BCUT2D eigenvalue weighted by Gasteiger charge is -2.25. The van der Waals surface area contributed by atoms with Crippen LogP contribution < -0.4 is 10.6 Å². The second-order valence-electron chi connectivity index (χ2n) is 2.97. The van der Waals surface area contributed by atoms with E-state index < -0.39 is 0 Å². The predicted octanol–water partition coefficient (Wildman–Crippen LogP) is 0.120. The molecule has 2 saturated heterocycles. The molecule has 0 amide bonds. The second-order valence-corrected chi connectivity index (χ2v) is 2.97. The monoisotopic (exact) mass is 125 g/mol. The third-order valence-electron chi connectivity index (χ3n) is 2.38. The molecule has 2 aliphatic rings. The molecule has 0 spiro atoms. The normalized spacial score (nSPS) is 42.7. The van der Waals surface area contributed by atoms with Crippen LogP contribution in [0.5, 0.6) is 0 Å². The van der Waals surface area contributed by atoms with Crippen LogP contribution in [0.25, 0.3) is 0 Å². The largest absolute Gasteiger partial charge is 0.315 e. The molecule has 0 aromatic carbocycles. The molecule has 51 valence electrons. The van der Waals surface area contributed by atoms with Crippen molar-refractivity contribution in [3.8, 4) is 0 Å². The Balaban J connectivity index is 1.97. The molecular weight excluding hydrogens is 112 g/mol. The van der Waals surface area contributed by atoms with Gasteiger partial charge in [0.05, 0.1) is 0 Å². The number of fused-ring (bicyclic) bond motifs is 1. The van der Waals surface area contributed by atoms with Crippen LogP contribution >= 0.6 is 0 Å². The zero-order valence-corrected chi connectivity index (χ0v) is 5.56. The van der Waals surface area contributed by atoms with E-state index >= 15 is 0 Å². The van der Waals surface area contributed by atoms with Crippen molar-refractivity contribution in [2.24, 2.45) is 5.92 Å². The lowest BCUT2D eigenvalue weighted by molar-refractivity contribution is 0.343. The molecule has 9 heavy (non-hydrogen) atoms. The van der Waals surface area contributed by atoms with Gasteiger partial charge in [0.25, 0.3) is 0 Å². The molecule has 0 bridgehead atoms. The van der Waals surface area contributed by atoms with Gasteiger partial charge in [-0.3, -0.25) is 0 Å². The Kier molecular flexibility index (Phi) is 1.44. The van der Waals surface area contributed by atoms with Crippen LogP contribution in [0.15, 0.2) is 0 Å². The van der Waals surface area contributed by atoms with Gasteiger partial charge in [-0.05, 0) is 25.3 Å². The van der Waals surface area contributed by atoms with Gasteiger partial charge in [-0.2, -0.15) is 0 Å². The van der Waals surface area contributed by atoms with Gasteiger partial charge in [0.2, 0.25) is 0 Å². The first-order valence-corrected chi connectivity index (χ1v) is 3.75. The fraction of sp³-hybridized carbons (Fsp3) is 0.857. The third-order valence-corrected chi connectivity index (χ3v) is 2.38. The van der Waals surface area contributed by atoms with E-state index in [9.17, 15) is 0 Å². The molecule has 2 fully saturated rings. The van der Waals surface area contributed by atoms with Gasteiger partial charge < -0.3 is 10.6 Å². The second kappa shape index (κ2) is 2.27. The minimum absolute atomic E-state index is 0.749. The number of hydrogen-bond acceptors (Lipinski definition) is 2. The van der Waals surface area contributed by atoms with E-state index in [-0.39, 0.29) is 0 Å². The van der Waals surface area contributed by atoms with Crippen molar-refractivity contribution in [2.75, 3.05) is 13.1 Å². The van der Waals surface area contributed by atoms with Crippen LogP contribution in [0.3, 0.4) is 0 Å². The Morgan fingerprint density at radius 1 is 1.44 bits per heavy atom. The van der Waals surface area contributed by atoms with Gasteiger partial charge in [0.1, 0.15) is 0 Å². The van der Waals surface area contributed by atoms with E-state index in [1.165, 1.54) is 25.9 Å². The van der Waals surface area contributed by atoms with Crippen LogP contribution in [-0.4, -0.2) is 19.1 Å². The molecule has 0 aliphatic carbocycles. The highest BCUT2D eigenvalue weighted by Crippen LogP contribution is 2.22. The van der Waals surface area contributed by atoms with Crippen molar-refractivity contribution in [2.45, 2.75) is 18.9 Å². The summed E-state index contributed by atoms with van der Waals surface area (Å²) in [6.07, 6.45) is 2.64. The Morgan fingerprint density at radius 2 is 2.44 bits per heavy atom. The van der Waals surface area contributed by atoms with Crippen LogP contribution in [0, 0.1) is 12.5 Å². The van der Waals surface area contributed by atoms with Crippen LogP contribution in [0.1, 0.15) is 12.8 Å². The average Bonchev–Trinajstić information content (AvgIpc) is 2.33. The minimum atomic E-state index is 0.749. The summed E-state index contributed by atoms with van der Waals surface area (Å²) in [5.74, 6) is 0.936. The zero-order valence-electron chi connectivity index (χ0n) is 5.56. The molecule has 2 heteroatoms. The summed E-state index contributed by atoms with van der Waals surface area (Å²) in [5.41, 5.74) is 0. The number of piperidine rings is 1. The van der Waals surface area contributed by atoms with E-state index in [0.717, 1.165) is 12.0 Å². The molecular formula is C7H13N2. The van der Waals surface area contributed by atoms with Gasteiger partial charge >= 0.3 is 0 Å². The van der Waals surface area contributed by atoms with Crippen LogP contribution in [-0.2, 0) is 0 Å². The van der Waals surface area contributed by atoms with Gasteiger partial charge in [-0.15, -0.1) is 0 Å². The quantitative estimate of drug-likeness (QED) is 0.480. The van der Waals surface area contributed by atoms with Gasteiger partial charge in [-0.25, -0.2) is 0 Å². The summed E-state index contributed by atoms with van der Waals surface area (Å²) >= 11 is 0. The molecule has 0 saturated carbocycles. The van der Waals surface area contributed by atoms with Crippen molar-refractivity contribution in [3.63, 3.8) is 0 Å². The highest BCUT2D eigenvalue weighted by atomic mass is 15.0. The topological polar surface area (TPSA) is 24.1 Å². The zero-order chi connectivity index (χ0) is 6.10. The fourth-order valence-corrected chi connectivity index (χ4v) is 1.76. The lowest BCUT2D eigenvalue weighted by atomic mass is 9.94. The Labute approximate surface area is 56.0 Å². The fourth-order valence-electron chi connectivity index (χ4n) is 1.76. The SMILES string of the molecule is [CH]1CC2CCNCC2N1. The molecule has 2 aliphatic heterocycles. The molecule has 0 aromatic heterocycles. The van der Waals surface area contributed by atoms with Gasteiger partial charge in [-0.1, -0.05) is 0 Å². The van der Waals surface area contributed by atoms with E-state index in [1.807, 2.05) is 0 Å². The summed E-state index contributed by atoms with van der Waals surface area (Å²) in [7, 11) is 0. The molecule has 1 radical (unpaired) electrons. The summed E-state index contributed by atoms with van der Waals surface area (Å²) in [5, 5.41) is 6.74. The predicted molar refractivity (Wildman–Crippen MR) is 36.8 cm³/mol. The standard InChI is InChI=1S/C7H13N2/c1-3-8-5-7-6(1)2-4-9-7/h4,6-9H,1-3,5H2. The molecule has 2 heterocycles. The Hall–Kier alpha value is -0.0800. The summed E-state index contributed by atoms with van der Waals surface area (Å²) in [6, 6.07) is 0.749. The van der Waals surface area contributed by atoms with Crippen molar-refractivity contribution in [1.82, 2.24) is 10.6 Å². The molecule has 2 rings (SSSR count). The summed E-state index contributed by atoms with van der Waals surface area (Å²) < 4.78 is 0. The van der Waals surface area contributed by atoms with E-state index in [4.69, 9.17) is 0 Å². The van der Waals surface area contributed by atoms with Crippen molar-refractivity contribution in [1.29, 1.82) is 0 Å². The summed E-state index contributed by atoms with van der Waals surface area (Å²) in [4.78, 5) is 0. The molecule has 2 atom stereocenters. The highest BCUT2D eigenvalue weighted by molar-refractivity contribution is 4.93. The van der Waals surface area contributed by atoms with Crippen molar-refractivity contribution >= 4 is 0 Å². The van der Waals surface area contributed by atoms with Crippen molar-refractivity contribution in [3.05, 3.63) is 6.54 Å². The Morgan fingerprint density at radius 3 is 3.33 bits per heavy atom. The van der Waals surface area contributed by atoms with E-state index in [2.05, 4.69) is 17.2 Å². The smallest absolute Gasteiger partial charge is 0.0227 e. The maximum atomic E-state index is 3.37. The van der Waals surface area contributed by atoms with Gasteiger partial charge in [0, 0.05) is 19.1 Å². The molecule has 0 aromatic rings. The molecule has 2 unspecified atom stereocenters. The molecule has 2 nitrogen and oxygen atoms in total. The van der Waals surface area contributed by atoms with E-state index in [1.54, 1.807) is 0 Å². The first kappa shape index (κ1) is 5.69. The lowest BCUT2D eigenvalue weighted by Crippen LogP contribution is -2.43. The van der Waals surface area contributed by atoms with Crippen LogP contribution in [0.4, 0.5) is 0 Å². The first-order chi connectivity index (χ1) is 4.47. The molecule has 2 N–H and O–H groups in total. The van der Waals surface area contributed by atoms with Gasteiger partial charge in [0.15, 0.2) is 0 Å².